The maximum absolute atomic E-state index is 13.1. The Balaban J connectivity index is 1.64. The van der Waals surface area contributed by atoms with Gasteiger partial charge >= 0.3 is 5.97 Å². The number of nitrogens with zero attached hydrogens (tertiary/aromatic N) is 3. The first kappa shape index (κ1) is 21.9. The topological polar surface area (TPSA) is 73.6 Å². The number of rotatable bonds is 6. The van der Waals surface area contributed by atoms with Gasteiger partial charge in [-0.15, -0.1) is 0 Å². The molecule has 0 N–H and O–H groups in total. The summed E-state index contributed by atoms with van der Waals surface area (Å²) < 4.78 is 6.82. The van der Waals surface area contributed by atoms with Gasteiger partial charge in [-0.2, -0.15) is 9.78 Å². The smallest absolute Gasteiger partial charge is 0.336 e. The van der Waals surface area contributed by atoms with Crippen molar-refractivity contribution in [2.45, 2.75) is 19.8 Å². The molecule has 164 valence electrons. The lowest BCUT2D eigenvalue weighted by Crippen LogP contribution is -2.23. The lowest BCUT2D eigenvalue weighted by Gasteiger charge is -2.12. The van der Waals surface area contributed by atoms with Gasteiger partial charge in [0.25, 0.3) is 5.56 Å². The molecule has 0 saturated carbocycles. The van der Waals surface area contributed by atoms with Crippen LogP contribution in [-0.2, 0) is 4.79 Å². The van der Waals surface area contributed by atoms with Crippen LogP contribution < -0.4 is 10.3 Å². The zero-order chi connectivity index (χ0) is 23.2. The number of carbonyl (C=O) groups excluding carboxylic acids is 1. The molecule has 0 aliphatic heterocycles. The number of fused-ring (bicyclic) bond motifs is 1. The summed E-state index contributed by atoms with van der Waals surface area (Å²) in [5.41, 5.74) is 1.85. The second kappa shape index (κ2) is 9.87. The molecule has 1 aromatic heterocycles. The molecule has 0 aliphatic carbocycles. The molecule has 0 amide bonds. The molecule has 0 saturated heterocycles. The molecule has 6 heteroatoms. The normalized spacial score (nSPS) is 11.6. The van der Waals surface area contributed by atoms with Crippen LogP contribution in [0.3, 0.4) is 0 Å². The van der Waals surface area contributed by atoms with Crippen LogP contribution in [0.1, 0.15) is 36.7 Å². The standard InChI is InChI=1S/C27H23N3O3/c1-19(2)26-29-23-14-8-7-13-22(23)27(32)30(26)28-18-21-12-6-9-15-24(21)33-25(31)17-16-20-10-4-3-5-11-20/h3-19H,1-2H3/b17-16+,28-18?. The van der Waals surface area contributed by atoms with Gasteiger partial charge in [0.2, 0.25) is 0 Å². The molecule has 4 rings (SSSR count). The Morgan fingerprint density at radius 1 is 0.970 bits per heavy atom. The van der Waals surface area contributed by atoms with E-state index in [-0.39, 0.29) is 11.5 Å². The van der Waals surface area contributed by atoms with E-state index in [0.717, 1.165) is 5.56 Å². The third-order valence-electron chi connectivity index (χ3n) is 4.95. The summed E-state index contributed by atoms with van der Waals surface area (Å²) in [6, 6.07) is 23.7. The van der Waals surface area contributed by atoms with Crippen molar-refractivity contribution >= 4 is 29.2 Å². The Kier molecular flexibility index (Phi) is 6.55. The number of benzene rings is 3. The highest BCUT2D eigenvalue weighted by atomic mass is 16.5. The number of ether oxygens (including phenoxy) is 1. The summed E-state index contributed by atoms with van der Waals surface area (Å²) in [7, 11) is 0. The van der Waals surface area contributed by atoms with Crippen LogP contribution in [-0.4, -0.2) is 21.8 Å². The second-order valence-electron chi connectivity index (χ2n) is 7.71. The SMILES string of the molecule is CC(C)c1nc2ccccc2c(=O)n1N=Cc1ccccc1OC(=O)/C=C/c1ccccc1. The van der Waals surface area contributed by atoms with E-state index in [0.29, 0.717) is 28.0 Å². The molecule has 0 unspecified atom stereocenters. The van der Waals surface area contributed by atoms with Gasteiger partial charge in [-0.05, 0) is 35.9 Å². The van der Waals surface area contributed by atoms with E-state index in [4.69, 9.17) is 4.74 Å². The number of esters is 1. The fourth-order valence-electron chi connectivity index (χ4n) is 3.30. The van der Waals surface area contributed by atoms with E-state index in [9.17, 15) is 9.59 Å². The van der Waals surface area contributed by atoms with Crippen molar-refractivity contribution in [3.05, 3.63) is 112 Å². The minimum atomic E-state index is -0.507. The summed E-state index contributed by atoms with van der Waals surface area (Å²) in [5, 5.41) is 4.91. The van der Waals surface area contributed by atoms with Gasteiger partial charge in [0, 0.05) is 17.6 Å². The molecule has 0 spiro atoms. The van der Waals surface area contributed by atoms with E-state index in [1.54, 1.807) is 36.4 Å². The van der Waals surface area contributed by atoms with Crippen molar-refractivity contribution in [2.24, 2.45) is 5.10 Å². The average Bonchev–Trinajstić information content (AvgIpc) is 2.83. The van der Waals surface area contributed by atoms with E-state index < -0.39 is 5.97 Å². The van der Waals surface area contributed by atoms with E-state index >= 15 is 0 Å². The Labute approximate surface area is 191 Å². The molecular weight excluding hydrogens is 414 g/mol. The molecule has 0 bridgehead atoms. The molecule has 0 fully saturated rings. The van der Waals surface area contributed by atoms with Gasteiger partial charge in [0.15, 0.2) is 0 Å². The van der Waals surface area contributed by atoms with Gasteiger partial charge in [0.1, 0.15) is 11.6 Å². The molecule has 33 heavy (non-hydrogen) atoms. The van der Waals surface area contributed by atoms with Gasteiger partial charge < -0.3 is 4.74 Å². The number of hydrogen-bond donors (Lipinski definition) is 0. The highest BCUT2D eigenvalue weighted by molar-refractivity contribution is 5.91. The van der Waals surface area contributed by atoms with Crippen LogP contribution in [0, 0.1) is 0 Å². The molecule has 3 aromatic carbocycles. The monoisotopic (exact) mass is 437 g/mol. The zero-order valence-electron chi connectivity index (χ0n) is 18.4. The van der Waals surface area contributed by atoms with E-state index in [1.807, 2.05) is 62.4 Å². The lowest BCUT2D eigenvalue weighted by atomic mass is 10.2. The van der Waals surface area contributed by atoms with Crippen molar-refractivity contribution in [3.63, 3.8) is 0 Å². The maximum atomic E-state index is 13.1. The summed E-state index contributed by atoms with van der Waals surface area (Å²) in [4.78, 5) is 30.0. The van der Waals surface area contributed by atoms with Crippen molar-refractivity contribution in [2.75, 3.05) is 0 Å². The minimum absolute atomic E-state index is 0.0179. The third-order valence-corrected chi connectivity index (χ3v) is 4.95. The predicted molar refractivity (Wildman–Crippen MR) is 131 cm³/mol. The first-order valence-electron chi connectivity index (χ1n) is 10.6. The molecule has 1 heterocycles. The largest absolute Gasteiger partial charge is 0.423 e. The molecule has 4 aromatic rings. The summed E-state index contributed by atoms with van der Waals surface area (Å²) in [6.45, 7) is 3.91. The van der Waals surface area contributed by atoms with Gasteiger partial charge in [0.05, 0.1) is 17.1 Å². The molecular formula is C27H23N3O3. The fourth-order valence-corrected chi connectivity index (χ4v) is 3.30. The quantitative estimate of drug-likeness (QED) is 0.184. The Hall–Kier alpha value is -4.32. The van der Waals surface area contributed by atoms with Crippen molar-refractivity contribution in [3.8, 4) is 5.75 Å². The third kappa shape index (κ3) is 5.13. The molecule has 0 atom stereocenters. The Morgan fingerprint density at radius 3 is 2.45 bits per heavy atom. The minimum Gasteiger partial charge on any atom is -0.423 e. The second-order valence-corrected chi connectivity index (χ2v) is 7.71. The number of para-hydroxylation sites is 2. The molecule has 0 aliphatic rings. The average molecular weight is 437 g/mol. The van der Waals surface area contributed by atoms with Gasteiger partial charge in [-0.1, -0.05) is 68.4 Å². The summed E-state index contributed by atoms with van der Waals surface area (Å²) in [5.74, 6) is 0.370. The summed E-state index contributed by atoms with van der Waals surface area (Å²) >= 11 is 0. The Bertz CT molecular complexity index is 1400. The zero-order valence-corrected chi connectivity index (χ0v) is 18.4. The predicted octanol–water partition coefficient (Wildman–Crippen LogP) is 5.02. The number of hydrogen-bond acceptors (Lipinski definition) is 5. The lowest BCUT2D eigenvalue weighted by molar-refractivity contribution is -0.128. The van der Waals surface area contributed by atoms with Crippen LogP contribution in [0.25, 0.3) is 17.0 Å². The number of aromatic nitrogens is 2. The highest BCUT2D eigenvalue weighted by Crippen LogP contribution is 2.18. The van der Waals surface area contributed by atoms with Gasteiger partial charge in [-0.3, -0.25) is 4.79 Å². The first-order valence-corrected chi connectivity index (χ1v) is 10.6. The van der Waals surface area contributed by atoms with E-state index in [1.165, 1.54) is 17.0 Å². The van der Waals surface area contributed by atoms with Crippen LogP contribution in [0.4, 0.5) is 0 Å². The van der Waals surface area contributed by atoms with Crippen LogP contribution in [0.15, 0.2) is 94.8 Å². The van der Waals surface area contributed by atoms with Crippen LogP contribution in [0.2, 0.25) is 0 Å². The summed E-state index contributed by atoms with van der Waals surface area (Å²) in [6.07, 6.45) is 4.57. The van der Waals surface area contributed by atoms with Crippen LogP contribution in [0.5, 0.6) is 5.75 Å². The maximum Gasteiger partial charge on any atom is 0.336 e. The van der Waals surface area contributed by atoms with Crippen LogP contribution >= 0.6 is 0 Å². The van der Waals surface area contributed by atoms with Gasteiger partial charge in [-0.25, -0.2) is 9.78 Å². The van der Waals surface area contributed by atoms with Crippen molar-refractivity contribution in [1.29, 1.82) is 0 Å². The first-order chi connectivity index (χ1) is 16.0. The highest BCUT2D eigenvalue weighted by Gasteiger charge is 2.13. The fraction of sp³-hybridized carbons (Fsp3) is 0.111. The van der Waals surface area contributed by atoms with Crippen molar-refractivity contribution < 1.29 is 9.53 Å². The van der Waals surface area contributed by atoms with E-state index in [2.05, 4.69) is 10.1 Å². The van der Waals surface area contributed by atoms with Crippen molar-refractivity contribution in [1.82, 2.24) is 9.66 Å². The molecule has 6 nitrogen and oxygen atoms in total. The Morgan fingerprint density at radius 2 is 1.67 bits per heavy atom. The molecule has 0 radical (unpaired) electrons. The number of carbonyl (C=O) groups is 1.